The molecule has 0 atom stereocenters. The molecule has 0 fully saturated rings. The summed E-state index contributed by atoms with van der Waals surface area (Å²) in [6.45, 7) is 23.4. The maximum Gasteiger partial charge on any atom is 0.111 e. The molecule has 0 radical (unpaired) electrons. The van der Waals surface area contributed by atoms with E-state index >= 15 is 0 Å². The van der Waals surface area contributed by atoms with E-state index in [1.54, 1.807) is 0 Å². The first-order valence-corrected chi connectivity index (χ1v) is 24.4. The molecule has 0 aromatic heterocycles. The van der Waals surface area contributed by atoms with E-state index in [9.17, 15) is 0 Å². The Morgan fingerprint density at radius 1 is 0.222 bits per heavy atom. The van der Waals surface area contributed by atoms with Crippen molar-refractivity contribution in [1.29, 1.82) is 0 Å². The maximum absolute atomic E-state index is 6.85. The molecule has 0 unspecified atom stereocenters. The van der Waals surface area contributed by atoms with Gasteiger partial charge in [-0.05, 0) is 51.4 Å². The summed E-state index contributed by atoms with van der Waals surface area (Å²) in [6.07, 6.45) is 8.22. The van der Waals surface area contributed by atoms with Crippen LogP contribution in [0.1, 0.15) is 132 Å². The smallest absolute Gasteiger partial charge is 0.111 e. The Morgan fingerprint density at radius 2 is 0.460 bits per heavy atom. The molecule has 0 amide bonds. The van der Waals surface area contributed by atoms with Crippen LogP contribution in [0.15, 0.2) is 0 Å². The van der Waals surface area contributed by atoms with Crippen molar-refractivity contribution in [1.82, 2.24) is 0 Å². The summed E-state index contributed by atoms with van der Waals surface area (Å²) >= 11 is 0. The summed E-state index contributed by atoms with van der Waals surface area (Å²) in [5, 5.41) is 0. The Balaban J connectivity index is 6.54. The molecule has 0 aromatic carbocycles. The molecular weight excluding hydrogens is 824 g/mol. The van der Waals surface area contributed by atoms with Gasteiger partial charge < -0.3 is 42.6 Å². The van der Waals surface area contributed by atoms with Crippen LogP contribution in [0.2, 0.25) is 0 Å². The first-order chi connectivity index (χ1) is 31.0. The SMILES string of the molecule is CCCCOCC(COCCCC)OCC(COC(COCCCC)COCCCC)OC(COC(COOCCC)COOCCC)COC(COOCCC)COOCCC. The monoisotopic (exact) mass is 919 g/mol. The number of ether oxygens (including phenoxy) is 9. The summed E-state index contributed by atoms with van der Waals surface area (Å²) in [5.41, 5.74) is 0. The summed E-state index contributed by atoms with van der Waals surface area (Å²) in [6, 6.07) is 0. The topological polar surface area (TPSA) is 157 Å². The third-order valence-corrected chi connectivity index (χ3v) is 8.74. The van der Waals surface area contributed by atoms with Gasteiger partial charge in [-0.15, -0.1) is 0 Å². The average molecular weight is 919 g/mol. The summed E-state index contributed by atoms with van der Waals surface area (Å²) < 4.78 is 56.8. The van der Waals surface area contributed by atoms with Crippen molar-refractivity contribution in [2.45, 2.75) is 169 Å². The fourth-order valence-electron chi connectivity index (χ4n) is 4.99. The average Bonchev–Trinajstić information content (AvgIpc) is 3.29. The second-order valence-electron chi connectivity index (χ2n) is 15.3. The molecule has 0 aliphatic carbocycles. The molecule has 63 heavy (non-hydrogen) atoms. The lowest BCUT2D eigenvalue weighted by Gasteiger charge is -2.30. The highest BCUT2D eigenvalue weighted by atomic mass is 17.2. The van der Waals surface area contributed by atoms with Crippen LogP contribution in [0, 0.1) is 0 Å². The van der Waals surface area contributed by atoms with Crippen LogP contribution in [0.5, 0.6) is 0 Å². The molecule has 0 rings (SSSR count). The standard InChI is InChI=1S/C46H94O17/c1-9-17-25-47-29-41(30-48-26-18-10-2)51-33-45(34-52-42(31-49-27-19-11-3)32-50-28-20-12-4)63-46(35-53-43(37-59-55-21-13-5)38-60-56-22-14-6)36-54-44(39-61-57-23-15-7)40-62-58-24-16-8/h41-46H,9-40H2,1-8H3. The molecule has 0 spiro atoms. The Morgan fingerprint density at radius 3 is 0.683 bits per heavy atom. The molecule has 0 aliphatic heterocycles. The molecule has 17 heteroatoms. The molecule has 0 saturated carbocycles. The zero-order valence-electron chi connectivity index (χ0n) is 41.0. The minimum absolute atomic E-state index is 0.0793. The van der Waals surface area contributed by atoms with E-state index in [4.69, 9.17) is 81.7 Å². The Bertz CT molecular complexity index is 688. The lowest BCUT2D eigenvalue weighted by Crippen LogP contribution is -2.42. The van der Waals surface area contributed by atoms with Crippen molar-refractivity contribution >= 4 is 0 Å². The molecular formula is C46H94O17. The number of hydrogen-bond donors (Lipinski definition) is 0. The van der Waals surface area contributed by atoms with Crippen molar-refractivity contribution in [3.05, 3.63) is 0 Å². The van der Waals surface area contributed by atoms with E-state index in [-0.39, 0.29) is 65.1 Å². The minimum atomic E-state index is -0.645. The lowest BCUT2D eigenvalue weighted by atomic mass is 10.3. The Labute approximate surface area is 382 Å². The van der Waals surface area contributed by atoms with Crippen LogP contribution in [0.3, 0.4) is 0 Å². The van der Waals surface area contributed by atoms with Crippen LogP contribution in [-0.2, 0) is 81.7 Å². The first-order valence-electron chi connectivity index (χ1n) is 24.4. The molecule has 17 nitrogen and oxygen atoms in total. The van der Waals surface area contributed by atoms with Gasteiger partial charge >= 0.3 is 0 Å². The Kier molecular flexibility index (Phi) is 50.2. The van der Waals surface area contributed by atoms with Gasteiger partial charge in [-0.25, -0.2) is 39.1 Å². The fourth-order valence-corrected chi connectivity index (χ4v) is 4.99. The predicted octanol–water partition coefficient (Wildman–Crippen LogP) is 7.98. The van der Waals surface area contributed by atoms with E-state index in [2.05, 4.69) is 27.7 Å². The normalized spacial score (nSPS) is 12.3. The van der Waals surface area contributed by atoms with Crippen LogP contribution in [-0.4, -0.2) is 169 Å². The summed E-state index contributed by atoms with van der Waals surface area (Å²) in [7, 11) is 0. The molecule has 0 saturated heterocycles. The highest BCUT2D eigenvalue weighted by Gasteiger charge is 2.26. The van der Waals surface area contributed by atoms with Gasteiger partial charge in [0.25, 0.3) is 0 Å². The van der Waals surface area contributed by atoms with E-state index in [1.165, 1.54) is 0 Å². The molecule has 380 valence electrons. The van der Waals surface area contributed by atoms with Gasteiger partial charge in [0.2, 0.25) is 0 Å². The fraction of sp³-hybridized carbons (Fsp3) is 1.00. The van der Waals surface area contributed by atoms with E-state index in [0.29, 0.717) is 79.3 Å². The summed E-state index contributed by atoms with van der Waals surface area (Å²) in [4.78, 5) is 43.2. The van der Waals surface area contributed by atoms with Gasteiger partial charge in [0.15, 0.2) is 0 Å². The van der Waals surface area contributed by atoms with Crippen molar-refractivity contribution < 1.29 is 81.7 Å². The quantitative estimate of drug-likeness (QED) is 0.0328. The van der Waals surface area contributed by atoms with E-state index < -0.39 is 24.4 Å². The van der Waals surface area contributed by atoms with Gasteiger partial charge in [0.05, 0.1) is 79.3 Å². The largest absolute Gasteiger partial charge is 0.379 e. The number of hydrogen-bond acceptors (Lipinski definition) is 17. The second kappa shape index (κ2) is 50.7. The molecule has 0 aliphatic rings. The minimum Gasteiger partial charge on any atom is -0.379 e. The van der Waals surface area contributed by atoms with E-state index in [1.807, 2.05) is 27.7 Å². The van der Waals surface area contributed by atoms with Crippen LogP contribution in [0.4, 0.5) is 0 Å². The van der Waals surface area contributed by atoms with Crippen LogP contribution < -0.4 is 0 Å². The van der Waals surface area contributed by atoms with Gasteiger partial charge in [0, 0.05) is 26.4 Å². The van der Waals surface area contributed by atoms with Gasteiger partial charge in [-0.2, -0.15) is 0 Å². The predicted molar refractivity (Wildman–Crippen MR) is 239 cm³/mol. The highest BCUT2D eigenvalue weighted by Crippen LogP contribution is 2.12. The van der Waals surface area contributed by atoms with Gasteiger partial charge in [0.1, 0.15) is 63.1 Å². The van der Waals surface area contributed by atoms with Crippen molar-refractivity contribution in [3.63, 3.8) is 0 Å². The number of unbranched alkanes of at least 4 members (excludes halogenated alkanes) is 4. The van der Waals surface area contributed by atoms with Crippen molar-refractivity contribution in [3.8, 4) is 0 Å². The summed E-state index contributed by atoms with van der Waals surface area (Å²) in [5.74, 6) is 0. The van der Waals surface area contributed by atoms with Gasteiger partial charge in [-0.3, -0.25) is 0 Å². The van der Waals surface area contributed by atoms with Crippen molar-refractivity contribution in [2.24, 2.45) is 0 Å². The molecule has 0 N–H and O–H groups in total. The molecule has 0 bridgehead atoms. The lowest BCUT2D eigenvalue weighted by molar-refractivity contribution is -0.339. The highest BCUT2D eigenvalue weighted by molar-refractivity contribution is 4.70. The maximum atomic E-state index is 6.85. The third kappa shape index (κ3) is 42.4. The van der Waals surface area contributed by atoms with Crippen LogP contribution in [0.25, 0.3) is 0 Å². The van der Waals surface area contributed by atoms with Gasteiger partial charge in [-0.1, -0.05) is 81.1 Å². The molecule has 0 heterocycles. The molecule has 0 aromatic rings. The second-order valence-corrected chi connectivity index (χ2v) is 15.3. The zero-order valence-corrected chi connectivity index (χ0v) is 41.0. The number of rotatable bonds is 54. The van der Waals surface area contributed by atoms with Crippen molar-refractivity contribution in [2.75, 3.05) is 132 Å². The third-order valence-electron chi connectivity index (χ3n) is 8.74. The zero-order chi connectivity index (χ0) is 46.1. The van der Waals surface area contributed by atoms with E-state index in [0.717, 1.165) is 77.0 Å². The first kappa shape index (κ1) is 62.3. The van der Waals surface area contributed by atoms with Crippen LogP contribution >= 0.6 is 0 Å². The Hall–Kier alpha value is -0.680.